The van der Waals surface area contributed by atoms with Gasteiger partial charge < -0.3 is 4.90 Å². The minimum atomic E-state index is -2.97. The van der Waals surface area contributed by atoms with Gasteiger partial charge in [0, 0.05) is 24.4 Å². The number of carbonyl (C=O) groups is 1. The van der Waals surface area contributed by atoms with E-state index >= 15 is 0 Å². The average molecular weight is 385 g/mol. The van der Waals surface area contributed by atoms with Crippen molar-refractivity contribution < 1.29 is 13.2 Å². The minimum absolute atomic E-state index is 0.000262. The smallest absolute Gasteiger partial charge is 0.222 e. The molecular formula is C16H20N2O3S3. The third-order valence-corrected chi connectivity index (χ3v) is 7.93. The molecule has 1 aliphatic rings. The highest BCUT2D eigenvalue weighted by Crippen LogP contribution is 2.32. The van der Waals surface area contributed by atoms with E-state index in [2.05, 4.69) is 4.98 Å². The highest BCUT2D eigenvalue weighted by Gasteiger charge is 2.32. The maximum atomic E-state index is 12.4. The van der Waals surface area contributed by atoms with Crippen LogP contribution < -0.4 is 0 Å². The van der Waals surface area contributed by atoms with Gasteiger partial charge in [-0.05, 0) is 31.2 Å². The Kier molecular flexibility index (Phi) is 5.08. The number of nitrogens with zero attached hydrogens (tertiary/aromatic N) is 2. The van der Waals surface area contributed by atoms with E-state index in [1.165, 1.54) is 0 Å². The van der Waals surface area contributed by atoms with Gasteiger partial charge in [-0.25, -0.2) is 13.4 Å². The fraction of sp³-hybridized carbons (Fsp3) is 0.500. The highest BCUT2D eigenvalue weighted by atomic mass is 32.2. The molecule has 2 aromatic heterocycles. The van der Waals surface area contributed by atoms with Gasteiger partial charge in [-0.3, -0.25) is 4.79 Å². The summed E-state index contributed by atoms with van der Waals surface area (Å²) in [7, 11) is -1.26. The molecule has 1 atom stereocenters. The van der Waals surface area contributed by atoms with E-state index in [1.54, 1.807) is 34.6 Å². The van der Waals surface area contributed by atoms with Gasteiger partial charge in [0.2, 0.25) is 5.91 Å². The number of aromatic nitrogens is 1. The zero-order chi connectivity index (χ0) is 17.3. The Bertz CT molecular complexity index is 825. The van der Waals surface area contributed by atoms with Crippen molar-refractivity contribution in [1.29, 1.82) is 0 Å². The summed E-state index contributed by atoms with van der Waals surface area (Å²) in [6.07, 6.45) is 1.57. The maximum Gasteiger partial charge on any atom is 0.222 e. The summed E-state index contributed by atoms with van der Waals surface area (Å²) in [4.78, 5) is 20.9. The topological polar surface area (TPSA) is 67.3 Å². The van der Waals surface area contributed by atoms with E-state index in [1.807, 2.05) is 24.4 Å². The second kappa shape index (κ2) is 6.93. The van der Waals surface area contributed by atoms with Gasteiger partial charge >= 0.3 is 0 Å². The third kappa shape index (κ3) is 3.87. The molecule has 0 spiro atoms. The van der Waals surface area contributed by atoms with Crippen molar-refractivity contribution in [2.75, 3.05) is 18.6 Å². The SMILES string of the molecule is Cc1nc(-c2cccs2)c(CCC(=O)N(C)[C@@H]2CCS(=O)(=O)C2)s1. The van der Waals surface area contributed by atoms with Crippen molar-refractivity contribution in [2.45, 2.75) is 32.2 Å². The summed E-state index contributed by atoms with van der Waals surface area (Å²) in [5.41, 5.74) is 0.978. The van der Waals surface area contributed by atoms with Crippen LogP contribution in [0.3, 0.4) is 0 Å². The lowest BCUT2D eigenvalue weighted by molar-refractivity contribution is -0.131. The van der Waals surface area contributed by atoms with Gasteiger partial charge in [0.1, 0.15) is 0 Å². The van der Waals surface area contributed by atoms with Crippen LogP contribution in [0.1, 0.15) is 22.7 Å². The first-order valence-corrected chi connectivity index (χ1v) is 11.3. The molecule has 0 saturated carbocycles. The molecule has 1 amide bonds. The second-order valence-electron chi connectivity index (χ2n) is 6.04. The van der Waals surface area contributed by atoms with Crippen molar-refractivity contribution in [3.05, 3.63) is 27.4 Å². The Morgan fingerprint density at radius 1 is 1.46 bits per heavy atom. The first-order chi connectivity index (χ1) is 11.4. The van der Waals surface area contributed by atoms with E-state index in [4.69, 9.17) is 0 Å². The molecule has 1 saturated heterocycles. The summed E-state index contributed by atoms with van der Waals surface area (Å²) in [5.74, 6) is 0.279. The molecule has 0 N–H and O–H groups in total. The molecule has 1 aliphatic heterocycles. The lowest BCUT2D eigenvalue weighted by Gasteiger charge is -2.23. The van der Waals surface area contributed by atoms with Crippen LogP contribution >= 0.6 is 22.7 Å². The number of sulfone groups is 1. The molecule has 8 heteroatoms. The van der Waals surface area contributed by atoms with Gasteiger partial charge in [0.25, 0.3) is 0 Å². The van der Waals surface area contributed by atoms with Crippen LogP contribution in [0, 0.1) is 6.92 Å². The summed E-state index contributed by atoms with van der Waals surface area (Å²) in [6.45, 7) is 1.97. The molecule has 24 heavy (non-hydrogen) atoms. The minimum Gasteiger partial charge on any atom is -0.342 e. The van der Waals surface area contributed by atoms with Crippen LogP contribution in [-0.2, 0) is 21.1 Å². The third-order valence-electron chi connectivity index (χ3n) is 4.27. The molecule has 5 nitrogen and oxygen atoms in total. The summed E-state index contributed by atoms with van der Waals surface area (Å²) in [5, 5.41) is 3.02. The fourth-order valence-corrected chi connectivity index (χ4v) is 6.46. The molecule has 1 fully saturated rings. The molecule has 0 aromatic carbocycles. The average Bonchev–Trinajstić information content (AvgIpc) is 3.23. The van der Waals surface area contributed by atoms with Crippen molar-refractivity contribution in [1.82, 2.24) is 9.88 Å². The van der Waals surface area contributed by atoms with Gasteiger partial charge in [0.05, 0.1) is 27.1 Å². The van der Waals surface area contributed by atoms with Crippen LogP contribution in [0.2, 0.25) is 0 Å². The van der Waals surface area contributed by atoms with Crippen molar-refractivity contribution in [2.24, 2.45) is 0 Å². The number of aryl methyl sites for hydroxylation is 2. The van der Waals surface area contributed by atoms with Gasteiger partial charge in [-0.2, -0.15) is 0 Å². The first kappa shape index (κ1) is 17.6. The largest absolute Gasteiger partial charge is 0.342 e. The summed E-state index contributed by atoms with van der Waals surface area (Å²) < 4.78 is 23.2. The predicted octanol–water partition coefficient (Wildman–Crippen LogP) is 2.76. The molecule has 0 unspecified atom stereocenters. The van der Waals surface area contributed by atoms with Gasteiger partial charge in [-0.15, -0.1) is 22.7 Å². The number of hydrogen-bond acceptors (Lipinski definition) is 6. The first-order valence-electron chi connectivity index (χ1n) is 7.82. The molecule has 3 rings (SSSR count). The fourth-order valence-electron chi connectivity index (χ4n) is 2.93. The van der Waals surface area contributed by atoms with Gasteiger partial charge in [-0.1, -0.05) is 6.07 Å². The molecule has 0 aliphatic carbocycles. The Labute approximate surface area is 150 Å². The van der Waals surface area contributed by atoms with E-state index in [-0.39, 0.29) is 23.5 Å². The number of hydrogen-bond donors (Lipinski definition) is 0. The number of rotatable bonds is 5. The molecule has 2 aromatic rings. The Hall–Kier alpha value is -1.25. The lowest BCUT2D eigenvalue weighted by Crippen LogP contribution is -2.37. The zero-order valence-electron chi connectivity index (χ0n) is 13.7. The van der Waals surface area contributed by atoms with Crippen LogP contribution in [-0.4, -0.2) is 48.8 Å². The number of thiophene rings is 1. The molecule has 130 valence electrons. The van der Waals surface area contributed by atoms with Gasteiger partial charge in [0.15, 0.2) is 9.84 Å². The predicted molar refractivity (Wildman–Crippen MR) is 98.3 cm³/mol. The molecule has 0 radical (unpaired) electrons. The van der Waals surface area contributed by atoms with E-state index in [0.717, 1.165) is 20.5 Å². The van der Waals surface area contributed by atoms with E-state index < -0.39 is 9.84 Å². The van der Waals surface area contributed by atoms with Crippen molar-refractivity contribution >= 4 is 38.4 Å². The van der Waals surface area contributed by atoms with Crippen molar-refractivity contribution in [3.63, 3.8) is 0 Å². The van der Waals surface area contributed by atoms with Crippen LogP contribution in [0.5, 0.6) is 0 Å². The Balaban J connectivity index is 1.65. The van der Waals surface area contributed by atoms with E-state index in [0.29, 0.717) is 19.3 Å². The van der Waals surface area contributed by atoms with E-state index in [9.17, 15) is 13.2 Å². The lowest BCUT2D eigenvalue weighted by atomic mass is 10.1. The highest BCUT2D eigenvalue weighted by molar-refractivity contribution is 7.91. The number of carbonyl (C=O) groups excluding carboxylic acids is 1. The standard InChI is InChI=1S/C16H20N2O3S3/c1-11-17-16(13-4-3-8-22-13)14(23-11)5-6-15(19)18(2)12-7-9-24(20,21)10-12/h3-4,8,12H,5-7,9-10H2,1-2H3/t12-/m1/s1. The molecular weight excluding hydrogens is 364 g/mol. The quantitative estimate of drug-likeness (QED) is 0.795. The molecule has 0 bridgehead atoms. The summed E-state index contributed by atoms with van der Waals surface area (Å²) >= 11 is 3.27. The van der Waals surface area contributed by atoms with Crippen LogP contribution in [0.15, 0.2) is 17.5 Å². The maximum absolute atomic E-state index is 12.4. The van der Waals surface area contributed by atoms with Crippen LogP contribution in [0.4, 0.5) is 0 Å². The Morgan fingerprint density at radius 2 is 2.25 bits per heavy atom. The van der Waals surface area contributed by atoms with Crippen molar-refractivity contribution in [3.8, 4) is 10.6 Å². The number of thiazole rings is 1. The monoisotopic (exact) mass is 384 g/mol. The summed E-state index contributed by atoms with van der Waals surface area (Å²) in [6, 6.07) is 3.86. The second-order valence-corrected chi connectivity index (χ2v) is 10.5. The molecule has 3 heterocycles. The zero-order valence-corrected chi connectivity index (χ0v) is 16.1. The normalized spacial score (nSPS) is 19.5. The van der Waals surface area contributed by atoms with Crippen LogP contribution in [0.25, 0.3) is 10.6 Å². The number of amides is 1. The Morgan fingerprint density at radius 3 is 2.88 bits per heavy atom.